The van der Waals surface area contributed by atoms with E-state index in [9.17, 15) is 13.8 Å². The van der Waals surface area contributed by atoms with Gasteiger partial charge in [0.15, 0.2) is 11.6 Å². The van der Waals surface area contributed by atoms with Crippen molar-refractivity contribution < 1.29 is 13.8 Å². The molecule has 5 heteroatoms. The lowest BCUT2D eigenvalue weighted by Crippen LogP contribution is -2.04. The van der Waals surface area contributed by atoms with Crippen LogP contribution in [0.3, 0.4) is 0 Å². The molecule has 0 amide bonds. The third-order valence-corrected chi connectivity index (χ3v) is 4.73. The van der Waals surface area contributed by atoms with Crippen LogP contribution in [0.4, 0.5) is 0 Å². The molecular weight excluding hydrogens is 292 g/mol. The van der Waals surface area contributed by atoms with E-state index in [1.807, 2.05) is 11.4 Å². The van der Waals surface area contributed by atoms with Gasteiger partial charge in [0.25, 0.3) is 0 Å². The lowest BCUT2D eigenvalue weighted by molar-refractivity contribution is 0.0919. The Bertz CT molecular complexity index is 628. The van der Waals surface area contributed by atoms with Crippen LogP contribution in [0.1, 0.15) is 32.9 Å². The zero-order chi connectivity index (χ0) is 14.5. The minimum atomic E-state index is -1.05. The zero-order valence-electron chi connectivity index (χ0n) is 11.0. The summed E-state index contributed by atoms with van der Waals surface area (Å²) in [6.45, 7) is 0. The molecule has 1 aromatic carbocycles. The highest BCUT2D eigenvalue weighted by Gasteiger charge is 2.12. The number of Topliss-reactive ketones (excluding diaryl/α,β-unsaturated/α-hetero) is 2. The van der Waals surface area contributed by atoms with Gasteiger partial charge in [-0.25, -0.2) is 0 Å². The van der Waals surface area contributed by atoms with Crippen LogP contribution in [0.25, 0.3) is 0 Å². The van der Waals surface area contributed by atoms with E-state index < -0.39 is 10.8 Å². The number of hydrogen-bond donors (Lipinski definition) is 0. The molecule has 0 saturated heterocycles. The third kappa shape index (κ3) is 3.71. The van der Waals surface area contributed by atoms with Crippen LogP contribution in [0.15, 0.2) is 46.7 Å². The highest BCUT2D eigenvalue weighted by atomic mass is 32.2. The molecule has 2 aromatic rings. The van der Waals surface area contributed by atoms with Gasteiger partial charge in [-0.3, -0.25) is 13.8 Å². The van der Waals surface area contributed by atoms with Crippen molar-refractivity contribution in [3.8, 4) is 0 Å². The minimum absolute atomic E-state index is 0.000341. The summed E-state index contributed by atoms with van der Waals surface area (Å²) in [7, 11) is -1.05. The van der Waals surface area contributed by atoms with Crippen molar-refractivity contribution in [1.29, 1.82) is 0 Å². The fraction of sp³-hybridized carbons (Fsp3) is 0.200. The first-order valence-corrected chi connectivity index (χ1v) is 8.55. The molecule has 0 aliphatic heterocycles. The van der Waals surface area contributed by atoms with Crippen LogP contribution in [-0.4, -0.2) is 22.0 Å². The number of ketones is 2. The lowest BCUT2D eigenvalue weighted by Gasteiger charge is -2.02. The lowest BCUT2D eigenvalue weighted by atomic mass is 10.0. The van der Waals surface area contributed by atoms with Crippen molar-refractivity contribution in [2.75, 3.05) is 6.26 Å². The molecule has 2 rings (SSSR count). The molecule has 1 atom stereocenters. The first-order valence-electron chi connectivity index (χ1n) is 6.11. The van der Waals surface area contributed by atoms with E-state index in [4.69, 9.17) is 0 Å². The van der Waals surface area contributed by atoms with E-state index in [0.717, 1.165) is 0 Å². The van der Waals surface area contributed by atoms with Crippen LogP contribution in [0.2, 0.25) is 0 Å². The molecule has 0 aliphatic carbocycles. The first-order chi connectivity index (χ1) is 9.58. The average molecular weight is 306 g/mol. The summed E-state index contributed by atoms with van der Waals surface area (Å²) in [6, 6.07) is 10.3. The van der Waals surface area contributed by atoms with E-state index >= 15 is 0 Å². The van der Waals surface area contributed by atoms with E-state index in [-0.39, 0.29) is 24.4 Å². The fourth-order valence-corrected chi connectivity index (χ4v) is 2.98. The largest absolute Gasteiger partial charge is 0.294 e. The molecule has 0 aliphatic rings. The molecule has 104 valence electrons. The van der Waals surface area contributed by atoms with Crippen molar-refractivity contribution in [3.63, 3.8) is 0 Å². The molecule has 0 spiro atoms. The van der Waals surface area contributed by atoms with Gasteiger partial charge >= 0.3 is 0 Å². The Morgan fingerprint density at radius 3 is 2.25 bits per heavy atom. The second-order valence-corrected chi connectivity index (χ2v) is 6.63. The summed E-state index contributed by atoms with van der Waals surface area (Å²) < 4.78 is 11.3. The molecule has 0 radical (unpaired) electrons. The van der Waals surface area contributed by atoms with Crippen LogP contribution in [0, 0.1) is 0 Å². The predicted molar refractivity (Wildman–Crippen MR) is 81.0 cm³/mol. The monoisotopic (exact) mass is 306 g/mol. The Morgan fingerprint density at radius 1 is 1.05 bits per heavy atom. The van der Waals surface area contributed by atoms with Gasteiger partial charge in [-0.15, -0.1) is 11.3 Å². The highest BCUT2D eigenvalue weighted by Crippen LogP contribution is 2.15. The molecule has 20 heavy (non-hydrogen) atoms. The van der Waals surface area contributed by atoms with Crippen LogP contribution < -0.4 is 0 Å². The Morgan fingerprint density at radius 2 is 1.70 bits per heavy atom. The quantitative estimate of drug-likeness (QED) is 0.769. The van der Waals surface area contributed by atoms with Gasteiger partial charge in [0, 0.05) is 40.4 Å². The van der Waals surface area contributed by atoms with E-state index in [1.54, 1.807) is 36.6 Å². The van der Waals surface area contributed by atoms with Gasteiger partial charge in [-0.05, 0) is 23.6 Å². The fourth-order valence-electron chi connectivity index (χ4n) is 1.76. The SMILES string of the molecule is CS(=O)c1ccc(C(=O)CCC(=O)c2cccs2)cc1. The average Bonchev–Trinajstić information content (AvgIpc) is 2.98. The number of carbonyl (C=O) groups is 2. The Hall–Kier alpha value is -1.59. The summed E-state index contributed by atoms with van der Waals surface area (Å²) in [5.74, 6) is -0.0667. The van der Waals surface area contributed by atoms with Crippen LogP contribution >= 0.6 is 11.3 Å². The zero-order valence-corrected chi connectivity index (χ0v) is 12.6. The summed E-state index contributed by atoms with van der Waals surface area (Å²) in [5, 5.41) is 1.85. The van der Waals surface area contributed by atoms with Gasteiger partial charge in [0.1, 0.15) is 0 Å². The topological polar surface area (TPSA) is 51.2 Å². The van der Waals surface area contributed by atoms with E-state index in [1.165, 1.54) is 11.3 Å². The smallest absolute Gasteiger partial charge is 0.173 e. The molecule has 0 bridgehead atoms. The van der Waals surface area contributed by atoms with Crippen molar-refractivity contribution in [1.82, 2.24) is 0 Å². The van der Waals surface area contributed by atoms with Crippen LogP contribution in [0.5, 0.6) is 0 Å². The maximum atomic E-state index is 12.0. The van der Waals surface area contributed by atoms with Crippen molar-refractivity contribution in [2.45, 2.75) is 17.7 Å². The number of hydrogen-bond acceptors (Lipinski definition) is 4. The number of thiophene rings is 1. The second-order valence-electron chi connectivity index (χ2n) is 4.30. The molecule has 3 nitrogen and oxygen atoms in total. The molecule has 1 aromatic heterocycles. The standard InChI is InChI=1S/C15H14O3S2/c1-20(18)12-6-4-11(5-7-12)13(16)8-9-14(17)15-3-2-10-19-15/h2-7,10H,8-9H2,1H3. The van der Waals surface area contributed by atoms with Gasteiger partial charge < -0.3 is 0 Å². The first kappa shape index (κ1) is 14.8. The Labute approximate surface area is 124 Å². The summed E-state index contributed by atoms with van der Waals surface area (Å²) in [5.41, 5.74) is 0.554. The number of carbonyl (C=O) groups excluding carboxylic acids is 2. The predicted octanol–water partition coefficient (Wildman–Crippen LogP) is 3.33. The maximum Gasteiger partial charge on any atom is 0.173 e. The summed E-state index contributed by atoms with van der Waals surface area (Å²) in [4.78, 5) is 25.2. The normalized spacial score (nSPS) is 12.1. The number of rotatable bonds is 6. The molecule has 1 unspecified atom stereocenters. The van der Waals surface area contributed by atoms with E-state index in [0.29, 0.717) is 15.3 Å². The molecular formula is C15H14O3S2. The summed E-state index contributed by atoms with van der Waals surface area (Å²) >= 11 is 1.39. The Kier molecular flexibility index (Phi) is 4.98. The van der Waals surface area contributed by atoms with Crippen LogP contribution in [-0.2, 0) is 10.8 Å². The van der Waals surface area contributed by atoms with Crippen molar-refractivity contribution in [3.05, 3.63) is 52.2 Å². The Balaban J connectivity index is 1.95. The van der Waals surface area contributed by atoms with Crippen molar-refractivity contribution in [2.24, 2.45) is 0 Å². The third-order valence-electron chi connectivity index (χ3n) is 2.88. The van der Waals surface area contributed by atoms with Gasteiger partial charge in [-0.2, -0.15) is 0 Å². The highest BCUT2D eigenvalue weighted by molar-refractivity contribution is 7.84. The van der Waals surface area contributed by atoms with Gasteiger partial charge in [-0.1, -0.05) is 18.2 Å². The van der Waals surface area contributed by atoms with E-state index in [2.05, 4.69) is 0 Å². The van der Waals surface area contributed by atoms with Gasteiger partial charge in [0.05, 0.1) is 4.88 Å². The minimum Gasteiger partial charge on any atom is -0.294 e. The molecule has 0 N–H and O–H groups in total. The second kappa shape index (κ2) is 6.72. The van der Waals surface area contributed by atoms with Crippen molar-refractivity contribution >= 4 is 33.7 Å². The molecule has 1 heterocycles. The molecule has 0 saturated carbocycles. The maximum absolute atomic E-state index is 12.0. The molecule has 0 fully saturated rings. The summed E-state index contributed by atoms with van der Waals surface area (Å²) in [6.07, 6.45) is 2.02. The van der Waals surface area contributed by atoms with Gasteiger partial charge in [0.2, 0.25) is 0 Å². The number of benzene rings is 1.